The van der Waals surface area contributed by atoms with Crippen molar-refractivity contribution in [2.45, 2.75) is 40.2 Å². The zero-order valence-corrected chi connectivity index (χ0v) is 12.9. The highest BCUT2D eigenvalue weighted by Gasteiger charge is 2.19. The van der Waals surface area contributed by atoms with Gasteiger partial charge in [-0.3, -0.25) is 4.79 Å². The van der Waals surface area contributed by atoms with Crippen molar-refractivity contribution < 1.29 is 9.90 Å². The fourth-order valence-corrected chi connectivity index (χ4v) is 2.48. The molecule has 0 aliphatic heterocycles. The van der Waals surface area contributed by atoms with Crippen LogP contribution in [-0.2, 0) is 18.3 Å². The maximum Gasteiger partial charge on any atom is 0.320 e. The lowest BCUT2D eigenvalue weighted by Crippen LogP contribution is -2.32. The van der Waals surface area contributed by atoms with E-state index in [0.29, 0.717) is 6.42 Å². The van der Waals surface area contributed by atoms with Crippen molar-refractivity contribution in [2.75, 3.05) is 0 Å². The molecule has 0 aliphatic carbocycles. The number of aliphatic carboxylic acids is 1. The van der Waals surface area contributed by atoms with Crippen molar-refractivity contribution >= 4 is 16.9 Å². The molecule has 110 valence electrons. The molecule has 0 radical (unpaired) electrons. The van der Waals surface area contributed by atoms with Crippen molar-refractivity contribution in [1.29, 1.82) is 0 Å². The standard InChI is InChI=1S/C14H18N2O2.C2H6/c1-8-5-4-6-10-11(7-12(15)14(17)18)9(2)16(3)13(8)10;1-2/h4-6,12H,7,15H2,1-3H3,(H,17,18);1-2H3. The smallest absolute Gasteiger partial charge is 0.320 e. The summed E-state index contributed by atoms with van der Waals surface area (Å²) < 4.78 is 2.11. The third-order valence-corrected chi connectivity index (χ3v) is 3.58. The molecule has 1 atom stereocenters. The van der Waals surface area contributed by atoms with Crippen LogP contribution in [0.25, 0.3) is 10.9 Å². The molecule has 1 unspecified atom stereocenters. The molecule has 0 bridgehead atoms. The lowest BCUT2D eigenvalue weighted by Gasteiger charge is -2.07. The first-order valence-electron chi connectivity index (χ1n) is 6.95. The van der Waals surface area contributed by atoms with E-state index < -0.39 is 12.0 Å². The molecule has 4 nitrogen and oxygen atoms in total. The normalized spacial score (nSPS) is 11.9. The van der Waals surface area contributed by atoms with E-state index in [0.717, 1.165) is 22.2 Å². The lowest BCUT2D eigenvalue weighted by molar-refractivity contribution is -0.138. The number of hydrogen-bond donors (Lipinski definition) is 2. The monoisotopic (exact) mass is 276 g/mol. The molecule has 0 fully saturated rings. The van der Waals surface area contributed by atoms with Crippen molar-refractivity contribution in [2.24, 2.45) is 12.8 Å². The molecule has 1 heterocycles. The zero-order valence-electron chi connectivity index (χ0n) is 12.9. The number of para-hydroxylation sites is 1. The van der Waals surface area contributed by atoms with Gasteiger partial charge in [-0.25, -0.2) is 0 Å². The van der Waals surface area contributed by atoms with E-state index in [1.54, 1.807) is 0 Å². The van der Waals surface area contributed by atoms with Gasteiger partial charge in [0.1, 0.15) is 6.04 Å². The Bertz CT molecular complexity index is 614. The number of hydrogen-bond acceptors (Lipinski definition) is 2. The predicted octanol–water partition coefficient (Wildman–Crippen LogP) is 2.78. The van der Waals surface area contributed by atoms with Crippen LogP contribution in [0.3, 0.4) is 0 Å². The van der Waals surface area contributed by atoms with Gasteiger partial charge in [0.15, 0.2) is 0 Å². The summed E-state index contributed by atoms with van der Waals surface area (Å²) in [7, 11) is 2.00. The minimum absolute atomic E-state index is 0.363. The summed E-state index contributed by atoms with van der Waals surface area (Å²) in [5, 5.41) is 10.0. The highest BCUT2D eigenvalue weighted by Crippen LogP contribution is 2.28. The Morgan fingerprint density at radius 3 is 2.50 bits per heavy atom. The minimum Gasteiger partial charge on any atom is -0.480 e. The molecule has 0 spiro atoms. The second-order valence-corrected chi connectivity index (χ2v) is 4.74. The average molecular weight is 276 g/mol. The van der Waals surface area contributed by atoms with Gasteiger partial charge in [-0.2, -0.15) is 0 Å². The van der Waals surface area contributed by atoms with E-state index in [4.69, 9.17) is 10.8 Å². The molecular weight excluding hydrogens is 252 g/mol. The first kappa shape index (κ1) is 16.2. The van der Waals surface area contributed by atoms with Gasteiger partial charge in [0.05, 0.1) is 5.52 Å². The molecule has 3 N–H and O–H groups in total. The Balaban J connectivity index is 0.000000956. The largest absolute Gasteiger partial charge is 0.480 e. The highest BCUT2D eigenvalue weighted by molar-refractivity contribution is 5.88. The quantitative estimate of drug-likeness (QED) is 0.905. The molecule has 0 saturated heterocycles. The number of aryl methyl sites for hydroxylation is 2. The Hall–Kier alpha value is -1.81. The van der Waals surface area contributed by atoms with Gasteiger partial charge >= 0.3 is 5.97 Å². The summed E-state index contributed by atoms with van der Waals surface area (Å²) in [5.74, 6) is -0.959. The van der Waals surface area contributed by atoms with E-state index in [1.807, 2.05) is 40.0 Å². The zero-order chi connectivity index (χ0) is 15.4. The molecule has 20 heavy (non-hydrogen) atoms. The summed E-state index contributed by atoms with van der Waals surface area (Å²) in [4.78, 5) is 10.9. The summed E-state index contributed by atoms with van der Waals surface area (Å²) in [6.07, 6.45) is 0.363. The highest BCUT2D eigenvalue weighted by atomic mass is 16.4. The summed E-state index contributed by atoms with van der Waals surface area (Å²) in [6.45, 7) is 8.06. The van der Waals surface area contributed by atoms with Crippen LogP contribution in [0, 0.1) is 13.8 Å². The number of nitrogens with two attached hydrogens (primary N) is 1. The molecule has 2 rings (SSSR count). The van der Waals surface area contributed by atoms with E-state index >= 15 is 0 Å². The third-order valence-electron chi connectivity index (χ3n) is 3.58. The molecule has 2 aromatic rings. The van der Waals surface area contributed by atoms with Crippen LogP contribution in [0.4, 0.5) is 0 Å². The molecule has 4 heteroatoms. The maximum atomic E-state index is 10.9. The first-order valence-corrected chi connectivity index (χ1v) is 6.95. The van der Waals surface area contributed by atoms with Gasteiger partial charge in [-0.05, 0) is 25.0 Å². The number of benzene rings is 1. The summed E-state index contributed by atoms with van der Waals surface area (Å²) >= 11 is 0. The second kappa shape index (κ2) is 6.57. The average Bonchev–Trinajstić information content (AvgIpc) is 2.67. The summed E-state index contributed by atoms with van der Waals surface area (Å²) in [6, 6.07) is 5.23. The van der Waals surface area contributed by atoms with Crippen molar-refractivity contribution in [3.63, 3.8) is 0 Å². The number of aromatic nitrogens is 1. The Kier molecular flexibility index (Phi) is 5.34. The third kappa shape index (κ3) is 2.85. The number of nitrogens with zero attached hydrogens (tertiary/aromatic N) is 1. The summed E-state index contributed by atoms with van der Waals surface area (Å²) in [5.41, 5.74) is 10.1. The molecule has 0 saturated carbocycles. The Morgan fingerprint density at radius 2 is 1.95 bits per heavy atom. The topological polar surface area (TPSA) is 68.2 Å². The number of carbonyl (C=O) groups is 1. The Morgan fingerprint density at radius 1 is 1.35 bits per heavy atom. The van der Waals surface area contributed by atoms with E-state index in [-0.39, 0.29) is 0 Å². The number of fused-ring (bicyclic) bond motifs is 1. The number of carboxylic acids is 1. The number of rotatable bonds is 3. The molecule has 0 aliphatic rings. The SMILES string of the molecule is CC.Cc1cccc2c(CC(N)C(=O)O)c(C)n(C)c12. The fraction of sp³-hybridized carbons (Fsp3) is 0.438. The van der Waals surface area contributed by atoms with E-state index in [9.17, 15) is 4.79 Å². The van der Waals surface area contributed by atoms with Crippen LogP contribution >= 0.6 is 0 Å². The van der Waals surface area contributed by atoms with Crippen LogP contribution in [0.5, 0.6) is 0 Å². The van der Waals surface area contributed by atoms with Crippen molar-refractivity contribution in [1.82, 2.24) is 4.57 Å². The molecular formula is C16H24N2O2. The van der Waals surface area contributed by atoms with Gasteiger partial charge in [-0.1, -0.05) is 32.0 Å². The van der Waals surface area contributed by atoms with E-state index in [2.05, 4.69) is 17.6 Å². The van der Waals surface area contributed by atoms with Gasteiger partial charge < -0.3 is 15.4 Å². The Labute approximate surface area is 120 Å². The molecule has 0 amide bonds. The van der Waals surface area contributed by atoms with Crippen LogP contribution < -0.4 is 5.73 Å². The van der Waals surface area contributed by atoms with Crippen LogP contribution in [-0.4, -0.2) is 21.7 Å². The van der Waals surface area contributed by atoms with E-state index in [1.165, 1.54) is 5.56 Å². The van der Waals surface area contributed by atoms with Crippen molar-refractivity contribution in [3.8, 4) is 0 Å². The number of carboxylic acid groups (broad SMARTS) is 1. The lowest BCUT2D eigenvalue weighted by atomic mass is 10.0. The predicted molar refractivity (Wildman–Crippen MR) is 83.1 cm³/mol. The second-order valence-electron chi connectivity index (χ2n) is 4.74. The first-order chi connectivity index (χ1) is 9.43. The molecule has 1 aromatic heterocycles. The van der Waals surface area contributed by atoms with Crippen LogP contribution in [0.15, 0.2) is 18.2 Å². The van der Waals surface area contributed by atoms with Gasteiger partial charge in [0.25, 0.3) is 0 Å². The van der Waals surface area contributed by atoms with Gasteiger partial charge in [0.2, 0.25) is 0 Å². The van der Waals surface area contributed by atoms with Crippen molar-refractivity contribution in [3.05, 3.63) is 35.0 Å². The fourth-order valence-electron chi connectivity index (χ4n) is 2.48. The van der Waals surface area contributed by atoms with Crippen LogP contribution in [0.2, 0.25) is 0 Å². The molecule has 1 aromatic carbocycles. The minimum atomic E-state index is -0.959. The maximum absolute atomic E-state index is 10.9. The van der Waals surface area contributed by atoms with Gasteiger partial charge in [0, 0.05) is 24.5 Å². The van der Waals surface area contributed by atoms with Crippen LogP contribution in [0.1, 0.15) is 30.7 Å². The van der Waals surface area contributed by atoms with Gasteiger partial charge in [-0.15, -0.1) is 0 Å².